The van der Waals surface area contributed by atoms with E-state index in [4.69, 9.17) is 0 Å². The van der Waals surface area contributed by atoms with E-state index in [2.05, 4.69) is 53.5 Å². The predicted octanol–water partition coefficient (Wildman–Crippen LogP) is 5.44. The molecule has 0 bridgehead atoms. The van der Waals surface area contributed by atoms with Crippen LogP contribution >= 0.6 is 12.4 Å². The van der Waals surface area contributed by atoms with Crippen LogP contribution in [0.4, 0.5) is 5.69 Å². The Morgan fingerprint density at radius 3 is 2.45 bits per heavy atom. The predicted molar refractivity (Wildman–Crippen MR) is 123 cm³/mol. The first-order chi connectivity index (χ1) is 13.6. The molecule has 1 N–H and O–H groups in total. The van der Waals surface area contributed by atoms with Gasteiger partial charge in [0.2, 0.25) is 5.91 Å². The van der Waals surface area contributed by atoms with Gasteiger partial charge < -0.3 is 10.2 Å². The number of para-hydroxylation sites is 1. The summed E-state index contributed by atoms with van der Waals surface area (Å²) < 4.78 is 0. The molecule has 2 aromatic rings. The standard InChI is InChI=1S/C25H32N2O.ClH/c1-25(22-11-5-6-12-23(22)26-24(25)28)15-7-8-16-27-17-13-21(14-18-27)19-20-9-3-2-4-10-20;/h2-6,9-12,21H,7-8,13-19H2,1H3,(H,26,28);1H. The van der Waals surface area contributed by atoms with E-state index < -0.39 is 0 Å². The highest BCUT2D eigenvalue weighted by Gasteiger charge is 2.41. The van der Waals surface area contributed by atoms with Crippen molar-refractivity contribution in [3.8, 4) is 0 Å². The van der Waals surface area contributed by atoms with Crippen LogP contribution in [-0.4, -0.2) is 30.4 Å². The van der Waals surface area contributed by atoms with Crippen LogP contribution in [0.5, 0.6) is 0 Å². The van der Waals surface area contributed by atoms with Crippen molar-refractivity contribution in [3.63, 3.8) is 0 Å². The zero-order chi connectivity index (χ0) is 19.4. The Morgan fingerprint density at radius 2 is 1.69 bits per heavy atom. The van der Waals surface area contributed by atoms with E-state index >= 15 is 0 Å². The van der Waals surface area contributed by atoms with Crippen LogP contribution < -0.4 is 5.32 Å². The van der Waals surface area contributed by atoms with Gasteiger partial charge in [-0.05, 0) is 81.8 Å². The lowest BCUT2D eigenvalue weighted by molar-refractivity contribution is -0.120. The van der Waals surface area contributed by atoms with Crippen LogP contribution in [0.2, 0.25) is 0 Å². The minimum Gasteiger partial charge on any atom is -0.325 e. The summed E-state index contributed by atoms with van der Waals surface area (Å²) >= 11 is 0. The first-order valence-corrected chi connectivity index (χ1v) is 10.8. The number of halogens is 1. The molecule has 0 spiro atoms. The minimum absolute atomic E-state index is 0. The highest BCUT2D eigenvalue weighted by atomic mass is 35.5. The summed E-state index contributed by atoms with van der Waals surface area (Å²) in [6.07, 6.45) is 7.04. The minimum atomic E-state index is -0.362. The quantitative estimate of drug-likeness (QED) is 0.614. The molecule has 0 radical (unpaired) electrons. The van der Waals surface area contributed by atoms with Gasteiger partial charge in [0.05, 0.1) is 5.41 Å². The highest BCUT2D eigenvalue weighted by Crippen LogP contribution is 2.40. The first-order valence-electron chi connectivity index (χ1n) is 10.8. The number of amides is 1. The van der Waals surface area contributed by atoms with Crippen LogP contribution in [0.1, 0.15) is 50.2 Å². The zero-order valence-electron chi connectivity index (χ0n) is 17.4. The summed E-state index contributed by atoms with van der Waals surface area (Å²) in [5.74, 6) is 0.992. The van der Waals surface area contributed by atoms with E-state index in [1.54, 1.807) is 0 Å². The Labute approximate surface area is 181 Å². The van der Waals surface area contributed by atoms with Crippen molar-refractivity contribution < 1.29 is 4.79 Å². The Kier molecular flexibility index (Phi) is 7.37. The fraction of sp³-hybridized carbons (Fsp3) is 0.480. The van der Waals surface area contributed by atoms with Crippen LogP contribution in [-0.2, 0) is 16.6 Å². The van der Waals surface area contributed by atoms with Gasteiger partial charge >= 0.3 is 0 Å². The molecule has 1 amide bonds. The number of unbranched alkanes of at least 4 members (excludes halogenated alkanes) is 1. The van der Waals surface area contributed by atoms with Crippen molar-refractivity contribution in [2.75, 3.05) is 25.0 Å². The number of piperidine rings is 1. The fourth-order valence-corrected chi connectivity index (χ4v) is 4.88. The molecule has 1 unspecified atom stereocenters. The monoisotopic (exact) mass is 412 g/mol. The van der Waals surface area contributed by atoms with Crippen LogP contribution in [0.25, 0.3) is 0 Å². The lowest BCUT2D eigenvalue weighted by Gasteiger charge is -2.32. The van der Waals surface area contributed by atoms with Crippen molar-refractivity contribution in [1.82, 2.24) is 4.90 Å². The number of nitrogens with zero attached hydrogens (tertiary/aromatic N) is 1. The summed E-state index contributed by atoms with van der Waals surface area (Å²) in [6.45, 7) is 5.71. The fourth-order valence-electron chi connectivity index (χ4n) is 4.88. The molecule has 1 saturated heterocycles. The Morgan fingerprint density at radius 1 is 1.00 bits per heavy atom. The highest BCUT2D eigenvalue weighted by molar-refractivity contribution is 6.05. The van der Waals surface area contributed by atoms with E-state index in [1.807, 2.05) is 18.2 Å². The third kappa shape index (κ3) is 5.02. The number of likely N-dealkylation sites (tertiary alicyclic amines) is 1. The number of nitrogens with one attached hydrogen (secondary N) is 1. The SMILES string of the molecule is CC1(CCCCN2CCC(Cc3ccccc3)CC2)C(=O)Nc2ccccc21.Cl. The molecule has 29 heavy (non-hydrogen) atoms. The Bertz CT molecular complexity index is 801. The number of hydrogen-bond donors (Lipinski definition) is 1. The van der Waals surface area contributed by atoms with Gasteiger partial charge in [0.1, 0.15) is 0 Å². The van der Waals surface area contributed by atoms with E-state index in [0.717, 1.165) is 31.0 Å². The molecule has 2 aliphatic rings. The molecule has 0 saturated carbocycles. The molecule has 2 aliphatic heterocycles. The van der Waals surface area contributed by atoms with E-state index in [0.29, 0.717) is 0 Å². The largest absolute Gasteiger partial charge is 0.325 e. The normalized spacial score (nSPS) is 22.0. The molecular weight excluding hydrogens is 380 g/mol. The van der Waals surface area contributed by atoms with Gasteiger partial charge in [-0.1, -0.05) is 55.0 Å². The third-order valence-electron chi connectivity index (χ3n) is 6.75. The van der Waals surface area contributed by atoms with Gasteiger partial charge in [0.15, 0.2) is 0 Å². The summed E-state index contributed by atoms with van der Waals surface area (Å²) in [5, 5.41) is 3.05. The number of carbonyl (C=O) groups excluding carboxylic acids is 1. The van der Waals surface area contributed by atoms with Crippen LogP contribution in [0.15, 0.2) is 54.6 Å². The number of carbonyl (C=O) groups is 1. The number of hydrogen-bond acceptors (Lipinski definition) is 2. The van der Waals surface area contributed by atoms with Gasteiger partial charge in [-0.2, -0.15) is 0 Å². The third-order valence-corrected chi connectivity index (χ3v) is 6.75. The molecular formula is C25H33ClN2O. The second-order valence-corrected chi connectivity index (χ2v) is 8.76. The topological polar surface area (TPSA) is 32.3 Å². The van der Waals surface area contributed by atoms with Gasteiger partial charge in [-0.3, -0.25) is 4.79 Å². The zero-order valence-corrected chi connectivity index (χ0v) is 18.2. The van der Waals surface area contributed by atoms with Crippen molar-refractivity contribution in [2.24, 2.45) is 5.92 Å². The molecule has 1 fully saturated rings. The maximum atomic E-state index is 12.5. The number of benzene rings is 2. The molecule has 0 aromatic heterocycles. The number of rotatable bonds is 7. The molecule has 2 aromatic carbocycles. The molecule has 4 heteroatoms. The lowest BCUT2D eigenvalue weighted by Crippen LogP contribution is -2.35. The second-order valence-electron chi connectivity index (χ2n) is 8.76. The van der Waals surface area contributed by atoms with Gasteiger partial charge in [-0.15, -0.1) is 12.4 Å². The smallest absolute Gasteiger partial charge is 0.234 e. The lowest BCUT2D eigenvalue weighted by atomic mass is 9.79. The van der Waals surface area contributed by atoms with E-state index in [-0.39, 0.29) is 23.7 Å². The average molecular weight is 413 g/mol. The molecule has 156 valence electrons. The average Bonchev–Trinajstić information content (AvgIpc) is 2.98. The second kappa shape index (κ2) is 9.77. The maximum Gasteiger partial charge on any atom is 0.234 e. The number of anilines is 1. The van der Waals surface area contributed by atoms with Crippen LogP contribution in [0.3, 0.4) is 0 Å². The van der Waals surface area contributed by atoms with Crippen LogP contribution in [0, 0.1) is 5.92 Å². The van der Waals surface area contributed by atoms with Crippen molar-refractivity contribution in [2.45, 2.75) is 50.9 Å². The molecule has 3 nitrogen and oxygen atoms in total. The van der Waals surface area contributed by atoms with E-state index in [1.165, 1.54) is 49.9 Å². The molecule has 2 heterocycles. The summed E-state index contributed by atoms with van der Waals surface area (Å²) in [4.78, 5) is 15.1. The van der Waals surface area contributed by atoms with Gasteiger partial charge in [0, 0.05) is 5.69 Å². The molecule has 4 rings (SSSR count). The first kappa shape index (κ1) is 21.9. The Hall–Kier alpha value is -1.84. The van der Waals surface area contributed by atoms with Crippen molar-refractivity contribution in [3.05, 3.63) is 65.7 Å². The Balaban J connectivity index is 0.00000240. The summed E-state index contributed by atoms with van der Waals surface area (Å²) in [5.41, 5.74) is 3.28. The molecule has 1 atom stereocenters. The maximum absolute atomic E-state index is 12.5. The van der Waals surface area contributed by atoms with Gasteiger partial charge in [0.25, 0.3) is 0 Å². The van der Waals surface area contributed by atoms with Gasteiger partial charge in [-0.25, -0.2) is 0 Å². The van der Waals surface area contributed by atoms with Crippen molar-refractivity contribution >= 4 is 24.0 Å². The summed E-state index contributed by atoms with van der Waals surface area (Å²) in [6, 6.07) is 19.0. The van der Waals surface area contributed by atoms with E-state index in [9.17, 15) is 4.79 Å². The van der Waals surface area contributed by atoms with Crippen molar-refractivity contribution in [1.29, 1.82) is 0 Å². The number of fused-ring (bicyclic) bond motifs is 1. The summed E-state index contributed by atoms with van der Waals surface area (Å²) in [7, 11) is 0. The molecule has 0 aliphatic carbocycles.